The molecule has 0 saturated carbocycles. The van der Waals surface area contributed by atoms with E-state index in [1.54, 1.807) is 22.9 Å². The standard InChI is InChI=1S/C20H22N4O4S/c1-13-11-14(2)24(22-13)19-8-6-5-7-17(19)23-29(26,27)16-9-10-20(28-4)18(12-16)21-15(3)25/h5-12,23H,1-4H3,(H,21,25). The minimum atomic E-state index is -3.93. The zero-order valence-electron chi connectivity index (χ0n) is 16.6. The number of carbonyl (C=O) groups excluding carboxylic acids is 1. The smallest absolute Gasteiger partial charge is 0.262 e. The summed E-state index contributed by atoms with van der Waals surface area (Å²) >= 11 is 0. The predicted octanol–water partition coefficient (Wildman–Crippen LogP) is 3.26. The van der Waals surface area contributed by atoms with Crippen LogP contribution < -0.4 is 14.8 Å². The summed E-state index contributed by atoms with van der Waals surface area (Å²) in [4.78, 5) is 11.4. The highest BCUT2D eigenvalue weighted by Gasteiger charge is 2.19. The molecular formula is C20H22N4O4S. The predicted molar refractivity (Wildman–Crippen MR) is 111 cm³/mol. The lowest BCUT2D eigenvalue weighted by molar-refractivity contribution is -0.114. The molecule has 152 valence electrons. The quantitative estimate of drug-likeness (QED) is 0.645. The largest absolute Gasteiger partial charge is 0.495 e. The number of hydrogen-bond donors (Lipinski definition) is 2. The van der Waals surface area contributed by atoms with Crippen molar-refractivity contribution in [3.63, 3.8) is 0 Å². The van der Waals surface area contributed by atoms with Gasteiger partial charge in [0, 0.05) is 12.6 Å². The van der Waals surface area contributed by atoms with Crippen LogP contribution in [0, 0.1) is 13.8 Å². The van der Waals surface area contributed by atoms with Crippen molar-refractivity contribution in [2.45, 2.75) is 25.7 Å². The van der Waals surface area contributed by atoms with Gasteiger partial charge in [0.2, 0.25) is 5.91 Å². The summed E-state index contributed by atoms with van der Waals surface area (Å²) in [5.74, 6) is 0.0304. The van der Waals surface area contributed by atoms with E-state index in [1.165, 1.54) is 32.2 Å². The van der Waals surface area contributed by atoms with Crippen molar-refractivity contribution in [1.29, 1.82) is 0 Å². The van der Waals surface area contributed by atoms with Crippen molar-refractivity contribution in [2.24, 2.45) is 0 Å². The van der Waals surface area contributed by atoms with Gasteiger partial charge in [0.1, 0.15) is 5.75 Å². The van der Waals surface area contributed by atoms with Crippen LogP contribution in [-0.2, 0) is 14.8 Å². The molecule has 0 aliphatic carbocycles. The number of carbonyl (C=O) groups is 1. The maximum Gasteiger partial charge on any atom is 0.262 e. The number of para-hydroxylation sites is 2. The number of benzene rings is 2. The molecule has 29 heavy (non-hydrogen) atoms. The van der Waals surface area contributed by atoms with E-state index in [0.717, 1.165) is 11.4 Å². The Balaban J connectivity index is 2.01. The van der Waals surface area contributed by atoms with Crippen molar-refractivity contribution in [3.05, 3.63) is 59.9 Å². The number of sulfonamides is 1. The second kappa shape index (κ2) is 7.96. The van der Waals surface area contributed by atoms with Crippen molar-refractivity contribution in [1.82, 2.24) is 9.78 Å². The summed E-state index contributed by atoms with van der Waals surface area (Å²) in [7, 11) is -2.49. The molecule has 1 heterocycles. The Morgan fingerprint density at radius 3 is 2.41 bits per heavy atom. The highest BCUT2D eigenvalue weighted by atomic mass is 32.2. The number of ether oxygens (including phenoxy) is 1. The third kappa shape index (κ3) is 4.40. The van der Waals surface area contributed by atoms with Crippen LogP contribution in [0.25, 0.3) is 5.69 Å². The van der Waals surface area contributed by atoms with Crippen LogP contribution in [0.15, 0.2) is 53.4 Å². The van der Waals surface area contributed by atoms with Gasteiger partial charge in [-0.15, -0.1) is 0 Å². The molecule has 2 N–H and O–H groups in total. The fraction of sp³-hybridized carbons (Fsp3) is 0.200. The van der Waals surface area contributed by atoms with Crippen molar-refractivity contribution < 1.29 is 17.9 Å². The first-order valence-corrected chi connectivity index (χ1v) is 10.3. The van der Waals surface area contributed by atoms with Gasteiger partial charge in [-0.1, -0.05) is 12.1 Å². The van der Waals surface area contributed by atoms with E-state index in [4.69, 9.17) is 4.74 Å². The van der Waals surface area contributed by atoms with E-state index in [0.29, 0.717) is 17.1 Å². The first kappa shape index (κ1) is 20.4. The summed E-state index contributed by atoms with van der Waals surface area (Å²) in [6.07, 6.45) is 0. The van der Waals surface area contributed by atoms with Gasteiger partial charge >= 0.3 is 0 Å². The lowest BCUT2D eigenvalue weighted by Crippen LogP contribution is -2.16. The normalized spacial score (nSPS) is 11.2. The molecule has 9 heteroatoms. The Bertz CT molecular complexity index is 1170. The summed E-state index contributed by atoms with van der Waals surface area (Å²) < 4.78 is 35.5. The topological polar surface area (TPSA) is 102 Å². The van der Waals surface area contributed by atoms with E-state index >= 15 is 0 Å². The number of aryl methyl sites for hydroxylation is 2. The number of nitrogens with zero attached hydrogens (tertiary/aromatic N) is 2. The minimum Gasteiger partial charge on any atom is -0.495 e. The van der Waals surface area contributed by atoms with E-state index in [1.807, 2.05) is 26.0 Å². The number of hydrogen-bond acceptors (Lipinski definition) is 5. The first-order valence-electron chi connectivity index (χ1n) is 8.82. The third-order valence-corrected chi connectivity index (χ3v) is 5.54. The average Bonchev–Trinajstić information content (AvgIpc) is 2.99. The number of methoxy groups -OCH3 is 1. The number of amides is 1. The molecule has 0 atom stereocenters. The molecule has 1 aromatic heterocycles. The molecular weight excluding hydrogens is 392 g/mol. The Kier molecular flexibility index (Phi) is 5.60. The van der Waals surface area contributed by atoms with Crippen molar-refractivity contribution in [3.8, 4) is 11.4 Å². The lowest BCUT2D eigenvalue weighted by Gasteiger charge is -2.15. The van der Waals surface area contributed by atoms with E-state index < -0.39 is 10.0 Å². The molecule has 2 aromatic carbocycles. The summed E-state index contributed by atoms with van der Waals surface area (Å²) in [5.41, 5.74) is 2.98. The minimum absolute atomic E-state index is 0.00905. The number of rotatable bonds is 6. The average molecular weight is 414 g/mol. The van der Waals surface area contributed by atoms with E-state index in [2.05, 4.69) is 15.1 Å². The van der Waals surface area contributed by atoms with Crippen LogP contribution >= 0.6 is 0 Å². The molecule has 3 rings (SSSR count). The highest BCUT2D eigenvalue weighted by Crippen LogP contribution is 2.30. The van der Waals surface area contributed by atoms with Crippen LogP contribution in [0.2, 0.25) is 0 Å². The summed E-state index contributed by atoms with van der Waals surface area (Å²) in [5, 5.41) is 7.01. The van der Waals surface area contributed by atoms with Crippen molar-refractivity contribution >= 4 is 27.3 Å². The molecule has 0 aliphatic heterocycles. The van der Waals surface area contributed by atoms with Gasteiger partial charge in [-0.05, 0) is 50.2 Å². The SMILES string of the molecule is COc1ccc(S(=O)(=O)Nc2ccccc2-n2nc(C)cc2C)cc1NC(C)=O. The fourth-order valence-electron chi connectivity index (χ4n) is 2.96. The zero-order valence-corrected chi connectivity index (χ0v) is 17.4. The molecule has 0 fully saturated rings. The second-order valence-corrected chi connectivity index (χ2v) is 8.19. The van der Waals surface area contributed by atoms with Gasteiger partial charge in [0.05, 0.1) is 34.8 Å². The molecule has 0 radical (unpaired) electrons. The fourth-order valence-corrected chi connectivity index (χ4v) is 4.06. The van der Waals surface area contributed by atoms with E-state index in [9.17, 15) is 13.2 Å². The number of aromatic nitrogens is 2. The molecule has 0 aliphatic rings. The van der Waals surface area contributed by atoms with Crippen LogP contribution in [0.3, 0.4) is 0 Å². The monoisotopic (exact) mass is 414 g/mol. The first-order chi connectivity index (χ1) is 13.7. The molecule has 0 saturated heterocycles. The Labute approximate surface area is 169 Å². The number of anilines is 2. The Hall–Kier alpha value is -3.33. The molecule has 1 amide bonds. The maximum atomic E-state index is 13.0. The summed E-state index contributed by atoms with van der Waals surface area (Å²) in [6, 6.07) is 13.2. The maximum absolute atomic E-state index is 13.0. The van der Waals surface area contributed by atoms with Crippen LogP contribution in [0.4, 0.5) is 11.4 Å². The van der Waals surface area contributed by atoms with Gasteiger partial charge in [-0.3, -0.25) is 9.52 Å². The van der Waals surface area contributed by atoms with Crippen LogP contribution in [-0.4, -0.2) is 31.2 Å². The van der Waals surface area contributed by atoms with Gasteiger partial charge < -0.3 is 10.1 Å². The molecule has 0 bridgehead atoms. The zero-order chi connectivity index (χ0) is 21.2. The molecule has 8 nitrogen and oxygen atoms in total. The van der Waals surface area contributed by atoms with Crippen molar-refractivity contribution in [2.75, 3.05) is 17.1 Å². The third-order valence-electron chi connectivity index (χ3n) is 4.18. The summed E-state index contributed by atoms with van der Waals surface area (Å²) in [6.45, 7) is 5.11. The van der Waals surface area contributed by atoms with Crippen LogP contribution in [0.1, 0.15) is 18.3 Å². The van der Waals surface area contributed by atoms with Gasteiger partial charge in [0.15, 0.2) is 0 Å². The van der Waals surface area contributed by atoms with Gasteiger partial charge in [-0.25, -0.2) is 13.1 Å². The van der Waals surface area contributed by atoms with E-state index in [-0.39, 0.29) is 16.5 Å². The van der Waals surface area contributed by atoms with Gasteiger partial charge in [-0.2, -0.15) is 5.10 Å². The molecule has 0 spiro atoms. The van der Waals surface area contributed by atoms with Crippen LogP contribution in [0.5, 0.6) is 5.75 Å². The Morgan fingerprint density at radius 1 is 1.07 bits per heavy atom. The molecule has 0 unspecified atom stereocenters. The van der Waals surface area contributed by atoms with Gasteiger partial charge in [0.25, 0.3) is 10.0 Å². The Morgan fingerprint density at radius 2 is 1.79 bits per heavy atom. The number of nitrogens with one attached hydrogen (secondary N) is 2. The molecule has 3 aromatic rings. The highest BCUT2D eigenvalue weighted by molar-refractivity contribution is 7.92. The second-order valence-electron chi connectivity index (χ2n) is 6.50. The lowest BCUT2D eigenvalue weighted by atomic mass is 10.2.